The van der Waals surface area contributed by atoms with Gasteiger partial charge in [0.25, 0.3) is 0 Å². The molecule has 0 bridgehead atoms. The first-order valence-corrected chi connectivity index (χ1v) is 9.14. The zero-order valence-corrected chi connectivity index (χ0v) is 15.4. The third kappa shape index (κ3) is 3.17. The van der Waals surface area contributed by atoms with E-state index in [2.05, 4.69) is 18.3 Å². The van der Waals surface area contributed by atoms with Crippen molar-refractivity contribution < 1.29 is 9.53 Å². The molecular weight excluding hydrogens is 356 g/mol. The number of halogens is 1. The number of ether oxygens (including phenoxy) is 1. The Hall–Kier alpha value is -2.24. The highest BCUT2D eigenvalue weighted by molar-refractivity contribution is 8.02. The number of benzene rings is 1. The number of hydrogen-bond acceptors (Lipinski definition) is 4. The number of thioether (sulfide) groups is 1. The summed E-state index contributed by atoms with van der Waals surface area (Å²) in [7, 11) is 0. The van der Waals surface area contributed by atoms with Crippen molar-refractivity contribution in [2.24, 2.45) is 0 Å². The molecule has 0 spiro atoms. The molecule has 128 valence electrons. The van der Waals surface area contributed by atoms with Gasteiger partial charge in [-0.3, -0.25) is 0 Å². The predicted molar refractivity (Wildman–Crippen MR) is 103 cm³/mol. The Morgan fingerprint density at radius 3 is 2.88 bits per heavy atom. The minimum absolute atomic E-state index is 0.298. The number of hydrogen-bond donors (Lipinski definition) is 0. The molecule has 0 fully saturated rings. The van der Waals surface area contributed by atoms with Gasteiger partial charge in [0.15, 0.2) is 5.69 Å². The fraction of sp³-hybridized carbons (Fsp3) is 0.158. The van der Waals surface area contributed by atoms with Crippen LogP contribution in [0.3, 0.4) is 0 Å². The molecular formula is C19H17ClN2O2S. The number of aromatic nitrogens is 2. The SMILES string of the molecule is C=CC1=C(C=C)c2c(c(C(=O)OCC)nn2-c2cccc(Cl)c2)CS1. The van der Waals surface area contributed by atoms with Gasteiger partial charge in [0.1, 0.15) is 0 Å². The van der Waals surface area contributed by atoms with Crippen LogP contribution in [-0.2, 0) is 10.5 Å². The molecule has 4 nitrogen and oxygen atoms in total. The Morgan fingerprint density at radius 2 is 2.24 bits per heavy atom. The number of carbonyl (C=O) groups excluding carboxylic acids is 1. The van der Waals surface area contributed by atoms with Crippen molar-refractivity contribution in [3.63, 3.8) is 0 Å². The van der Waals surface area contributed by atoms with Crippen molar-refractivity contribution in [1.29, 1.82) is 0 Å². The van der Waals surface area contributed by atoms with E-state index in [0.29, 0.717) is 23.1 Å². The third-order valence-corrected chi connectivity index (χ3v) is 5.15. The number of allylic oxidation sites excluding steroid dienone is 3. The topological polar surface area (TPSA) is 44.1 Å². The molecule has 0 atom stereocenters. The minimum Gasteiger partial charge on any atom is -0.461 e. The van der Waals surface area contributed by atoms with Gasteiger partial charge in [-0.25, -0.2) is 9.48 Å². The summed E-state index contributed by atoms with van der Waals surface area (Å²) in [5, 5.41) is 5.14. The maximum Gasteiger partial charge on any atom is 0.359 e. The number of nitrogens with zero attached hydrogens (tertiary/aromatic N) is 2. The van der Waals surface area contributed by atoms with Gasteiger partial charge in [-0.2, -0.15) is 5.10 Å². The smallest absolute Gasteiger partial charge is 0.359 e. The molecule has 25 heavy (non-hydrogen) atoms. The van der Waals surface area contributed by atoms with Crippen LogP contribution in [0.15, 0.2) is 54.5 Å². The van der Waals surface area contributed by atoms with E-state index in [1.54, 1.807) is 47.7 Å². The summed E-state index contributed by atoms with van der Waals surface area (Å²) >= 11 is 7.74. The van der Waals surface area contributed by atoms with Crippen molar-refractivity contribution in [3.05, 3.63) is 76.5 Å². The van der Waals surface area contributed by atoms with Crippen molar-refractivity contribution in [2.75, 3.05) is 6.61 Å². The molecule has 1 aliphatic heterocycles. The van der Waals surface area contributed by atoms with Crippen LogP contribution in [0, 0.1) is 0 Å². The molecule has 0 N–H and O–H groups in total. The van der Waals surface area contributed by atoms with E-state index in [0.717, 1.165) is 27.4 Å². The summed E-state index contributed by atoms with van der Waals surface area (Å²) in [6.07, 6.45) is 3.56. The summed E-state index contributed by atoms with van der Waals surface area (Å²) in [6.45, 7) is 9.87. The second-order valence-electron chi connectivity index (χ2n) is 5.26. The Morgan fingerprint density at radius 1 is 1.44 bits per heavy atom. The zero-order valence-electron chi connectivity index (χ0n) is 13.8. The Kier molecular flexibility index (Phi) is 5.16. The van der Waals surface area contributed by atoms with Gasteiger partial charge in [0, 0.05) is 26.8 Å². The van der Waals surface area contributed by atoms with Crippen molar-refractivity contribution in [1.82, 2.24) is 9.78 Å². The Balaban J connectivity index is 2.29. The van der Waals surface area contributed by atoms with Gasteiger partial charge >= 0.3 is 5.97 Å². The van der Waals surface area contributed by atoms with Crippen LogP contribution in [0.4, 0.5) is 0 Å². The fourth-order valence-electron chi connectivity index (χ4n) is 2.73. The molecule has 0 amide bonds. The summed E-state index contributed by atoms with van der Waals surface area (Å²) in [6, 6.07) is 7.34. The van der Waals surface area contributed by atoms with Crippen LogP contribution in [0.5, 0.6) is 0 Å². The van der Waals surface area contributed by atoms with Crippen LogP contribution in [-0.4, -0.2) is 22.4 Å². The molecule has 0 radical (unpaired) electrons. The predicted octanol–water partition coefficient (Wildman–Crippen LogP) is 5.03. The molecule has 0 saturated carbocycles. The maximum absolute atomic E-state index is 12.4. The van der Waals surface area contributed by atoms with Crippen LogP contribution in [0.2, 0.25) is 5.02 Å². The number of carbonyl (C=O) groups is 1. The lowest BCUT2D eigenvalue weighted by atomic mass is 10.1. The molecule has 0 unspecified atom stereocenters. The zero-order chi connectivity index (χ0) is 18.0. The number of fused-ring (bicyclic) bond motifs is 1. The van der Waals surface area contributed by atoms with E-state index in [1.807, 2.05) is 12.1 Å². The Labute approximate surface area is 155 Å². The van der Waals surface area contributed by atoms with E-state index in [9.17, 15) is 4.79 Å². The first-order chi connectivity index (χ1) is 12.1. The molecule has 1 aromatic heterocycles. The highest BCUT2D eigenvalue weighted by Gasteiger charge is 2.29. The average Bonchev–Trinajstić information content (AvgIpc) is 3.01. The first kappa shape index (κ1) is 17.6. The van der Waals surface area contributed by atoms with Crippen LogP contribution in [0.1, 0.15) is 28.7 Å². The normalized spacial score (nSPS) is 13.4. The van der Waals surface area contributed by atoms with E-state index < -0.39 is 5.97 Å². The molecule has 3 rings (SSSR count). The monoisotopic (exact) mass is 372 g/mol. The highest BCUT2D eigenvalue weighted by Crippen LogP contribution is 2.41. The van der Waals surface area contributed by atoms with E-state index >= 15 is 0 Å². The average molecular weight is 373 g/mol. The number of esters is 1. The largest absolute Gasteiger partial charge is 0.461 e. The number of rotatable bonds is 5. The molecule has 2 heterocycles. The van der Waals surface area contributed by atoms with Crippen molar-refractivity contribution in [2.45, 2.75) is 12.7 Å². The van der Waals surface area contributed by atoms with Gasteiger partial charge in [-0.05, 0) is 25.1 Å². The van der Waals surface area contributed by atoms with Crippen LogP contribution in [0.25, 0.3) is 11.3 Å². The van der Waals surface area contributed by atoms with E-state index in [4.69, 9.17) is 16.3 Å². The highest BCUT2D eigenvalue weighted by atomic mass is 35.5. The maximum atomic E-state index is 12.4. The summed E-state index contributed by atoms with van der Waals surface area (Å²) in [4.78, 5) is 13.4. The molecule has 1 aromatic carbocycles. The third-order valence-electron chi connectivity index (χ3n) is 3.79. The lowest BCUT2D eigenvalue weighted by Gasteiger charge is -2.18. The van der Waals surface area contributed by atoms with E-state index in [1.165, 1.54) is 0 Å². The lowest BCUT2D eigenvalue weighted by Crippen LogP contribution is -2.09. The minimum atomic E-state index is -0.425. The first-order valence-electron chi connectivity index (χ1n) is 7.78. The van der Waals surface area contributed by atoms with Gasteiger partial charge in [-0.1, -0.05) is 43.0 Å². The lowest BCUT2D eigenvalue weighted by molar-refractivity contribution is 0.0518. The van der Waals surface area contributed by atoms with Gasteiger partial charge in [0.05, 0.1) is 18.0 Å². The van der Waals surface area contributed by atoms with Crippen LogP contribution >= 0.6 is 23.4 Å². The quantitative estimate of drug-likeness (QED) is 0.690. The molecule has 1 aliphatic rings. The second kappa shape index (κ2) is 7.33. The summed E-state index contributed by atoms with van der Waals surface area (Å²) < 4.78 is 6.91. The molecule has 6 heteroatoms. The van der Waals surface area contributed by atoms with Gasteiger partial charge < -0.3 is 4.74 Å². The van der Waals surface area contributed by atoms with Crippen molar-refractivity contribution >= 4 is 34.9 Å². The Bertz CT molecular complexity index is 899. The second-order valence-corrected chi connectivity index (χ2v) is 6.72. The molecule has 0 saturated heterocycles. The standard InChI is InChI=1S/C19H17ClN2O2S/c1-4-14-16(5-2)25-11-15-17(19(23)24-6-3)21-22(18(14)15)13-9-7-8-12(20)10-13/h4-5,7-10H,1-2,6,11H2,3H3. The van der Waals surface area contributed by atoms with Crippen molar-refractivity contribution in [3.8, 4) is 5.69 Å². The summed E-state index contributed by atoms with van der Waals surface area (Å²) in [5.41, 5.74) is 3.66. The summed E-state index contributed by atoms with van der Waals surface area (Å²) in [5.74, 6) is 0.188. The van der Waals surface area contributed by atoms with Crippen LogP contribution < -0.4 is 0 Å². The van der Waals surface area contributed by atoms with Gasteiger partial charge in [-0.15, -0.1) is 11.8 Å². The van der Waals surface area contributed by atoms with Gasteiger partial charge in [0.2, 0.25) is 0 Å². The van der Waals surface area contributed by atoms with E-state index in [-0.39, 0.29) is 0 Å². The molecule has 0 aliphatic carbocycles. The molecule has 2 aromatic rings. The fourth-order valence-corrected chi connectivity index (χ4v) is 3.94.